The molecule has 0 aliphatic carbocycles. The minimum atomic E-state index is 0.152. The molecule has 3 fully saturated rings. The number of hydrogen-bond acceptors (Lipinski definition) is 8. The monoisotopic (exact) mass is 380 g/mol. The molecular formula is C20H28N8. The van der Waals surface area contributed by atoms with Crippen LogP contribution < -0.4 is 20.0 Å². The standard InChI is InChI=1S/C20H28N8/c1-2-11-26(10-1)19-22-7-5-16(24-19)17-15-21-9-14-28(17)18-6-8-23-20(25-18)27-12-3-4-13-27/h5-8,17,21H,1-4,9-15H2. The van der Waals surface area contributed by atoms with Crippen molar-refractivity contribution in [2.24, 2.45) is 0 Å². The van der Waals surface area contributed by atoms with E-state index in [2.05, 4.69) is 30.0 Å². The number of anilines is 3. The van der Waals surface area contributed by atoms with Crippen molar-refractivity contribution in [3.05, 3.63) is 30.2 Å². The van der Waals surface area contributed by atoms with Crippen LogP contribution in [0, 0.1) is 0 Å². The third-order valence-corrected chi connectivity index (χ3v) is 5.95. The fourth-order valence-electron chi connectivity index (χ4n) is 4.43. The highest BCUT2D eigenvalue weighted by Crippen LogP contribution is 2.28. The molecule has 0 bridgehead atoms. The van der Waals surface area contributed by atoms with Crippen molar-refractivity contribution in [2.75, 3.05) is 60.5 Å². The molecule has 8 nitrogen and oxygen atoms in total. The van der Waals surface area contributed by atoms with E-state index >= 15 is 0 Å². The zero-order chi connectivity index (χ0) is 18.8. The first-order chi connectivity index (χ1) is 13.9. The molecule has 8 heteroatoms. The SMILES string of the molecule is c1cc(C2CNCCN2c2ccnc(N3CCCC3)n2)nc(N2CCCC2)n1. The van der Waals surface area contributed by atoms with Gasteiger partial charge in [-0.2, -0.15) is 4.98 Å². The smallest absolute Gasteiger partial charge is 0.227 e. The molecule has 1 N–H and O–H groups in total. The Morgan fingerprint density at radius 1 is 0.786 bits per heavy atom. The second kappa shape index (κ2) is 7.87. The lowest BCUT2D eigenvalue weighted by Gasteiger charge is -2.37. The van der Waals surface area contributed by atoms with Crippen LogP contribution in [0.5, 0.6) is 0 Å². The van der Waals surface area contributed by atoms with Gasteiger partial charge in [0.1, 0.15) is 5.82 Å². The van der Waals surface area contributed by atoms with Crippen LogP contribution >= 0.6 is 0 Å². The van der Waals surface area contributed by atoms with E-state index in [1.54, 1.807) is 0 Å². The lowest BCUT2D eigenvalue weighted by atomic mass is 10.1. The number of rotatable bonds is 4. The molecule has 3 aliphatic rings. The second-order valence-electron chi connectivity index (χ2n) is 7.80. The lowest BCUT2D eigenvalue weighted by molar-refractivity contribution is 0.477. The van der Waals surface area contributed by atoms with Gasteiger partial charge in [-0.1, -0.05) is 0 Å². The first kappa shape index (κ1) is 17.6. The fourth-order valence-corrected chi connectivity index (χ4v) is 4.43. The highest BCUT2D eigenvalue weighted by Gasteiger charge is 2.28. The molecule has 0 spiro atoms. The third kappa shape index (κ3) is 3.48. The van der Waals surface area contributed by atoms with Crippen LogP contribution in [-0.2, 0) is 0 Å². The number of piperazine rings is 1. The molecule has 3 aliphatic heterocycles. The molecule has 0 amide bonds. The Hall–Kier alpha value is -2.48. The van der Waals surface area contributed by atoms with Crippen LogP contribution in [0.15, 0.2) is 24.5 Å². The van der Waals surface area contributed by atoms with Crippen molar-refractivity contribution in [1.29, 1.82) is 0 Å². The summed E-state index contributed by atoms with van der Waals surface area (Å²) in [5.74, 6) is 2.71. The van der Waals surface area contributed by atoms with Crippen molar-refractivity contribution in [3.63, 3.8) is 0 Å². The van der Waals surface area contributed by atoms with E-state index in [0.29, 0.717) is 0 Å². The maximum absolute atomic E-state index is 4.93. The lowest BCUT2D eigenvalue weighted by Crippen LogP contribution is -2.47. The Kier molecular flexibility index (Phi) is 4.95. The van der Waals surface area contributed by atoms with Crippen LogP contribution in [0.3, 0.4) is 0 Å². The highest BCUT2D eigenvalue weighted by atomic mass is 15.3. The second-order valence-corrected chi connectivity index (χ2v) is 7.80. The molecule has 2 aromatic heterocycles. The Morgan fingerprint density at radius 2 is 1.43 bits per heavy atom. The molecule has 1 unspecified atom stereocenters. The predicted molar refractivity (Wildman–Crippen MR) is 110 cm³/mol. The predicted octanol–water partition coefficient (Wildman–Crippen LogP) is 1.62. The third-order valence-electron chi connectivity index (χ3n) is 5.95. The molecule has 28 heavy (non-hydrogen) atoms. The van der Waals surface area contributed by atoms with E-state index in [4.69, 9.17) is 9.97 Å². The van der Waals surface area contributed by atoms with Crippen molar-refractivity contribution in [3.8, 4) is 0 Å². The number of hydrogen-bond donors (Lipinski definition) is 1. The summed E-state index contributed by atoms with van der Waals surface area (Å²) in [5, 5.41) is 3.52. The van der Waals surface area contributed by atoms with Gasteiger partial charge in [-0.25, -0.2) is 15.0 Å². The van der Waals surface area contributed by atoms with Crippen LogP contribution in [0.1, 0.15) is 37.4 Å². The summed E-state index contributed by atoms with van der Waals surface area (Å²) in [6, 6.07) is 4.23. The van der Waals surface area contributed by atoms with Crippen molar-refractivity contribution in [1.82, 2.24) is 25.3 Å². The molecule has 3 saturated heterocycles. The molecular weight excluding hydrogens is 352 g/mol. The first-order valence-corrected chi connectivity index (χ1v) is 10.5. The van der Waals surface area contributed by atoms with Gasteiger partial charge in [0.2, 0.25) is 11.9 Å². The van der Waals surface area contributed by atoms with Crippen LogP contribution in [0.4, 0.5) is 17.7 Å². The highest BCUT2D eigenvalue weighted by molar-refractivity contribution is 5.47. The Bertz CT molecular complexity index is 733. The van der Waals surface area contributed by atoms with E-state index in [-0.39, 0.29) is 6.04 Å². The van der Waals surface area contributed by atoms with Gasteiger partial charge in [-0.15, -0.1) is 0 Å². The van der Waals surface area contributed by atoms with Gasteiger partial charge in [0.15, 0.2) is 0 Å². The molecule has 148 valence electrons. The fraction of sp³-hybridized carbons (Fsp3) is 0.600. The van der Waals surface area contributed by atoms with Crippen LogP contribution in [0.25, 0.3) is 0 Å². The summed E-state index contributed by atoms with van der Waals surface area (Å²) in [6.45, 7) is 6.94. The van der Waals surface area contributed by atoms with Crippen molar-refractivity contribution < 1.29 is 0 Å². The average Bonchev–Trinajstić information content (AvgIpc) is 3.48. The zero-order valence-corrected chi connectivity index (χ0v) is 16.3. The van der Waals surface area contributed by atoms with Crippen molar-refractivity contribution in [2.45, 2.75) is 31.7 Å². The normalized spacial score (nSPS) is 22.9. The molecule has 0 aromatic carbocycles. The molecule has 5 heterocycles. The largest absolute Gasteiger partial charge is 0.345 e. The summed E-state index contributed by atoms with van der Waals surface area (Å²) in [6.07, 6.45) is 8.70. The first-order valence-electron chi connectivity index (χ1n) is 10.5. The molecule has 0 saturated carbocycles. The molecule has 2 aromatic rings. The average molecular weight is 381 g/mol. The minimum Gasteiger partial charge on any atom is -0.345 e. The van der Waals surface area contributed by atoms with Gasteiger partial charge >= 0.3 is 0 Å². The topological polar surface area (TPSA) is 73.3 Å². The van der Waals surface area contributed by atoms with Crippen molar-refractivity contribution >= 4 is 17.7 Å². The summed E-state index contributed by atoms with van der Waals surface area (Å²) < 4.78 is 0. The number of aromatic nitrogens is 4. The molecule has 0 radical (unpaired) electrons. The van der Waals surface area contributed by atoms with E-state index in [1.807, 2.05) is 24.5 Å². The van der Waals surface area contributed by atoms with Gasteiger partial charge in [0, 0.05) is 58.2 Å². The van der Waals surface area contributed by atoms with Gasteiger partial charge in [-0.3, -0.25) is 0 Å². The molecule has 1 atom stereocenters. The minimum absolute atomic E-state index is 0.152. The van der Waals surface area contributed by atoms with E-state index in [1.165, 1.54) is 25.7 Å². The summed E-state index contributed by atoms with van der Waals surface area (Å²) in [5.41, 5.74) is 1.06. The van der Waals surface area contributed by atoms with Crippen LogP contribution in [0.2, 0.25) is 0 Å². The van der Waals surface area contributed by atoms with Gasteiger partial charge in [0.25, 0.3) is 0 Å². The summed E-state index contributed by atoms with van der Waals surface area (Å²) >= 11 is 0. The zero-order valence-electron chi connectivity index (χ0n) is 16.3. The van der Waals surface area contributed by atoms with E-state index in [9.17, 15) is 0 Å². The quantitative estimate of drug-likeness (QED) is 0.858. The Labute approximate surface area is 166 Å². The Morgan fingerprint density at radius 3 is 2.14 bits per heavy atom. The van der Waals surface area contributed by atoms with Gasteiger partial charge in [-0.05, 0) is 37.8 Å². The maximum Gasteiger partial charge on any atom is 0.227 e. The van der Waals surface area contributed by atoms with E-state index in [0.717, 1.165) is 69.2 Å². The van der Waals surface area contributed by atoms with Gasteiger partial charge < -0.3 is 20.0 Å². The summed E-state index contributed by atoms with van der Waals surface area (Å²) in [7, 11) is 0. The summed E-state index contributed by atoms with van der Waals surface area (Å²) in [4.78, 5) is 25.8. The van der Waals surface area contributed by atoms with Crippen LogP contribution in [-0.4, -0.2) is 65.7 Å². The van der Waals surface area contributed by atoms with Gasteiger partial charge in [0.05, 0.1) is 11.7 Å². The molecule has 5 rings (SSSR count). The number of nitrogens with one attached hydrogen (secondary N) is 1. The van der Waals surface area contributed by atoms with E-state index < -0.39 is 0 Å². The number of nitrogens with zero attached hydrogens (tertiary/aromatic N) is 7. The Balaban J connectivity index is 1.42. The maximum atomic E-state index is 4.93.